The van der Waals surface area contributed by atoms with Crippen molar-refractivity contribution < 1.29 is 13.2 Å². The maximum absolute atomic E-state index is 11.9. The van der Waals surface area contributed by atoms with Crippen molar-refractivity contribution >= 4 is 37.5 Å². The minimum absolute atomic E-state index is 0.00716. The molecule has 1 aliphatic rings. The molecule has 2 rings (SSSR count). The van der Waals surface area contributed by atoms with Crippen LogP contribution in [-0.2, 0) is 14.6 Å². The maximum atomic E-state index is 11.9. The van der Waals surface area contributed by atoms with Crippen LogP contribution >= 0.6 is 15.9 Å². The van der Waals surface area contributed by atoms with E-state index in [0.29, 0.717) is 12.4 Å². The second-order valence-electron chi connectivity index (χ2n) is 4.84. The molecule has 1 atom stereocenters. The Balaban J connectivity index is 1.93. The number of anilines is 1. The Kier molecular flexibility index (Phi) is 4.77. The summed E-state index contributed by atoms with van der Waals surface area (Å²) < 4.78 is 23.9. The number of amides is 1. The van der Waals surface area contributed by atoms with Gasteiger partial charge in [-0.05, 0) is 34.5 Å². The Bertz CT molecular complexity index is 618. The second kappa shape index (κ2) is 6.19. The van der Waals surface area contributed by atoms with Gasteiger partial charge in [-0.2, -0.15) is 0 Å². The van der Waals surface area contributed by atoms with Crippen LogP contribution in [0, 0.1) is 6.92 Å². The molecule has 20 heavy (non-hydrogen) atoms. The Labute approximate surface area is 126 Å². The van der Waals surface area contributed by atoms with E-state index in [2.05, 4.69) is 31.5 Å². The molecule has 110 valence electrons. The molecule has 1 aliphatic heterocycles. The van der Waals surface area contributed by atoms with Crippen LogP contribution < -0.4 is 10.6 Å². The van der Waals surface area contributed by atoms with Crippen LogP contribution in [0.1, 0.15) is 12.0 Å². The number of carbonyl (C=O) groups is 1. The predicted octanol–water partition coefficient (Wildman–Crippen LogP) is 0.868. The Morgan fingerprint density at radius 2 is 2.35 bits per heavy atom. The van der Waals surface area contributed by atoms with Crippen LogP contribution in [0.2, 0.25) is 0 Å². The summed E-state index contributed by atoms with van der Waals surface area (Å²) in [5, 5.41) is 5.72. The summed E-state index contributed by atoms with van der Waals surface area (Å²) in [6.45, 7) is 2.30. The first-order chi connectivity index (χ1) is 9.35. The SMILES string of the molecule is Cc1cc(NC(=O)CC2CS(=O)(=O)CCN2)ncc1Br. The summed E-state index contributed by atoms with van der Waals surface area (Å²) in [5.74, 6) is 0.370. The number of aryl methyl sites for hydroxylation is 1. The van der Waals surface area contributed by atoms with E-state index in [-0.39, 0.29) is 29.9 Å². The lowest BCUT2D eigenvalue weighted by atomic mass is 10.2. The van der Waals surface area contributed by atoms with Crippen molar-refractivity contribution in [1.29, 1.82) is 0 Å². The minimum Gasteiger partial charge on any atom is -0.311 e. The number of sulfone groups is 1. The van der Waals surface area contributed by atoms with Gasteiger partial charge in [0.2, 0.25) is 5.91 Å². The van der Waals surface area contributed by atoms with Crippen molar-refractivity contribution in [2.75, 3.05) is 23.4 Å². The normalized spacial score (nSPS) is 21.4. The van der Waals surface area contributed by atoms with E-state index in [4.69, 9.17) is 0 Å². The third-order valence-corrected chi connectivity index (χ3v) is 5.61. The molecule has 1 aromatic rings. The molecule has 0 aromatic carbocycles. The third kappa shape index (κ3) is 4.26. The van der Waals surface area contributed by atoms with Gasteiger partial charge >= 0.3 is 0 Å². The van der Waals surface area contributed by atoms with Crippen molar-refractivity contribution in [1.82, 2.24) is 10.3 Å². The minimum atomic E-state index is -3.03. The molecule has 1 saturated heterocycles. The fraction of sp³-hybridized carbons (Fsp3) is 0.500. The number of pyridine rings is 1. The Morgan fingerprint density at radius 3 is 3.00 bits per heavy atom. The standard InChI is InChI=1S/C12H16BrN3O3S/c1-8-4-11(15-6-10(8)13)16-12(17)5-9-7-20(18,19)3-2-14-9/h4,6,9,14H,2-3,5,7H2,1H3,(H,15,16,17). The van der Waals surface area contributed by atoms with E-state index in [1.165, 1.54) is 0 Å². The summed E-state index contributed by atoms with van der Waals surface area (Å²) in [6, 6.07) is 1.43. The van der Waals surface area contributed by atoms with Gasteiger partial charge in [-0.3, -0.25) is 4.79 Å². The number of carbonyl (C=O) groups excluding carboxylic acids is 1. The molecule has 8 heteroatoms. The van der Waals surface area contributed by atoms with Gasteiger partial charge in [-0.15, -0.1) is 0 Å². The summed E-state index contributed by atoms with van der Waals surface area (Å²) >= 11 is 3.34. The molecule has 1 unspecified atom stereocenters. The third-order valence-electron chi connectivity index (χ3n) is 3.05. The molecule has 6 nitrogen and oxygen atoms in total. The lowest BCUT2D eigenvalue weighted by Crippen LogP contribution is -2.46. The van der Waals surface area contributed by atoms with Gasteiger partial charge in [0.05, 0.1) is 11.5 Å². The number of rotatable bonds is 3. The summed E-state index contributed by atoms with van der Waals surface area (Å²) in [4.78, 5) is 16.0. The van der Waals surface area contributed by atoms with Crippen LogP contribution in [0.15, 0.2) is 16.7 Å². The number of halogens is 1. The average Bonchev–Trinajstić information content (AvgIpc) is 2.32. The van der Waals surface area contributed by atoms with E-state index in [1.54, 1.807) is 12.3 Å². The molecule has 0 saturated carbocycles. The van der Waals surface area contributed by atoms with E-state index < -0.39 is 9.84 Å². The summed E-state index contributed by atoms with van der Waals surface area (Å²) in [7, 11) is -3.03. The molecule has 1 fully saturated rings. The van der Waals surface area contributed by atoms with Gasteiger partial charge in [-0.1, -0.05) is 0 Å². The molecular formula is C12H16BrN3O3S. The Morgan fingerprint density at radius 1 is 1.60 bits per heavy atom. The predicted molar refractivity (Wildman–Crippen MR) is 80.4 cm³/mol. The topological polar surface area (TPSA) is 88.2 Å². The van der Waals surface area contributed by atoms with Crippen LogP contribution in [0.4, 0.5) is 5.82 Å². The molecular weight excluding hydrogens is 346 g/mol. The zero-order valence-electron chi connectivity index (χ0n) is 11.0. The monoisotopic (exact) mass is 361 g/mol. The zero-order chi connectivity index (χ0) is 14.8. The van der Waals surface area contributed by atoms with Gasteiger partial charge in [0.1, 0.15) is 5.82 Å². The molecule has 2 N–H and O–H groups in total. The van der Waals surface area contributed by atoms with E-state index >= 15 is 0 Å². The number of hydrogen-bond donors (Lipinski definition) is 2. The first-order valence-electron chi connectivity index (χ1n) is 6.21. The largest absolute Gasteiger partial charge is 0.311 e. The maximum Gasteiger partial charge on any atom is 0.227 e. The van der Waals surface area contributed by atoms with Crippen molar-refractivity contribution in [3.63, 3.8) is 0 Å². The van der Waals surface area contributed by atoms with Crippen LogP contribution in [0.5, 0.6) is 0 Å². The highest BCUT2D eigenvalue weighted by Gasteiger charge is 2.26. The molecule has 2 heterocycles. The van der Waals surface area contributed by atoms with Gasteiger partial charge in [0.25, 0.3) is 0 Å². The average molecular weight is 362 g/mol. The first kappa shape index (κ1) is 15.4. The van der Waals surface area contributed by atoms with Gasteiger partial charge in [0.15, 0.2) is 9.84 Å². The highest BCUT2D eigenvalue weighted by atomic mass is 79.9. The number of hydrogen-bond acceptors (Lipinski definition) is 5. The van der Waals surface area contributed by atoms with Gasteiger partial charge < -0.3 is 10.6 Å². The fourth-order valence-corrected chi connectivity index (χ4v) is 3.68. The van der Waals surface area contributed by atoms with Crippen molar-refractivity contribution in [2.45, 2.75) is 19.4 Å². The molecule has 0 aliphatic carbocycles. The van der Waals surface area contributed by atoms with Crippen LogP contribution in [0.25, 0.3) is 0 Å². The van der Waals surface area contributed by atoms with Crippen molar-refractivity contribution in [3.8, 4) is 0 Å². The second-order valence-corrected chi connectivity index (χ2v) is 7.92. The quantitative estimate of drug-likeness (QED) is 0.833. The highest BCUT2D eigenvalue weighted by Crippen LogP contribution is 2.17. The summed E-state index contributed by atoms with van der Waals surface area (Å²) in [6.07, 6.45) is 1.74. The van der Waals surface area contributed by atoms with Crippen LogP contribution in [-0.4, -0.2) is 43.4 Å². The first-order valence-corrected chi connectivity index (χ1v) is 8.83. The molecule has 0 bridgehead atoms. The lowest BCUT2D eigenvalue weighted by molar-refractivity contribution is -0.116. The fourth-order valence-electron chi connectivity index (χ4n) is 2.02. The van der Waals surface area contributed by atoms with Crippen LogP contribution in [0.3, 0.4) is 0 Å². The molecule has 0 radical (unpaired) electrons. The van der Waals surface area contributed by atoms with Crippen molar-refractivity contribution in [2.24, 2.45) is 0 Å². The number of nitrogens with zero attached hydrogens (tertiary/aromatic N) is 1. The summed E-state index contributed by atoms with van der Waals surface area (Å²) in [5.41, 5.74) is 0.966. The molecule has 0 spiro atoms. The van der Waals surface area contributed by atoms with Crippen molar-refractivity contribution in [3.05, 3.63) is 22.3 Å². The molecule has 1 amide bonds. The smallest absolute Gasteiger partial charge is 0.227 e. The number of nitrogens with one attached hydrogen (secondary N) is 2. The van der Waals surface area contributed by atoms with Gasteiger partial charge in [0, 0.05) is 29.7 Å². The number of aromatic nitrogens is 1. The zero-order valence-corrected chi connectivity index (χ0v) is 13.4. The van der Waals surface area contributed by atoms with E-state index in [1.807, 2.05) is 6.92 Å². The highest BCUT2D eigenvalue weighted by molar-refractivity contribution is 9.10. The molecule has 1 aromatic heterocycles. The lowest BCUT2D eigenvalue weighted by Gasteiger charge is -2.23. The Hall–Kier alpha value is -0.990. The van der Waals surface area contributed by atoms with E-state index in [0.717, 1.165) is 10.0 Å². The van der Waals surface area contributed by atoms with Gasteiger partial charge in [-0.25, -0.2) is 13.4 Å². The van der Waals surface area contributed by atoms with E-state index in [9.17, 15) is 13.2 Å².